The van der Waals surface area contributed by atoms with Gasteiger partial charge in [0.15, 0.2) is 0 Å². The van der Waals surface area contributed by atoms with Gasteiger partial charge in [-0.05, 0) is 30.3 Å². The summed E-state index contributed by atoms with van der Waals surface area (Å²) >= 11 is 12.2. The van der Waals surface area contributed by atoms with Gasteiger partial charge in [-0.2, -0.15) is 0 Å². The Hall–Kier alpha value is -1.38. The zero-order chi connectivity index (χ0) is 11.8. The van der Waals surface area contributed by atoms with Crippen molar-refractivity contribution < 1.29 is 0 Å². The van der Waals surface area contributed by atoms with Crippen molar-refractivity contribution in [2.75, 3.05) is 10.2 Å². The fourth-order valence-corrected chi connectivity index (χ4v) is 2.27. The van der Waals surface area contributed by atoms with E-state index in [4.69, 9.17) is 23.2 Å². The normalized spacial score (nSPS) is 13.4. The third-order valence-electron chi connectivity index (χ3n) is 2.68. The summed E-state index contributed by atoms with van der Waals surface area (Å²) < 4.78 is 0. The molecule has 1 aliphatic rings. The van der Waals surface area contributed by atoms with Crippen LogP contribution in [0.15, 0.2) is 42.5 Å². The topological polar surface area (TPSA) is 15.3 Å². The van der Waals surface area contributed by atoms with E-state index in [1.807, 2.05) is 54.0 Å². The molecule has 2 aromatic rings. The number of nitrogens with one attached hydrogen (secondary N) is 1. The van der Waals surface area contributed by atoms with Gasteiger partial charge in [0, 0.05) is 5.02 Å². The van der Waals surface area contributed by atoms with Gasteiger partial charge in [0.1, 0.15) is 6.67 Å². The zero-order valence-electron chi connectivity index (χ0n) is 8.82. The van der Waals surface area contributed by atoms with Gasteiger partial charge in [0.05, 0.1) is 22.1 Å². The SMILES string of the molecule is Clc1ccc2c(c1)N(c1ccccc1Cl)[CH]N2. The first kappa shape index (κ1) is 10.8. The van der Waals surface area contributed by atoms with Gasteiger partial charge >= 0.3 is 0 Å². The molecule has 0 saturated heterocycles. The summed E-state index contributed by atoms with van der Waals surface area (Å²) in [5, 5.41) is 4.60. The molecule has 0 unspecified atom stereocenters. The van der Waals surface area contributed by atoms with E-state index in [-0.39, 0.29) is 0 Å². The molecule has 1 aliphatic heterocycles. The lowest BCUT2D eigenvalue weighted by atomic mass is 10.2. The second-order valence-corrected chi connectivity index (χ2v) is 4.60. The molecule has 0 spiro atoms. The van der Waals surface area contributed by atoms with Crippen molar-refractivity contribution in [3.8, 4) is 0 Å². The van der Waals surface area contributed by atoms with Crippen LogP contribution in [0.4, 0.5) is 17.1 Å². The summed E-state index contributed by atoms with van der Waals surface area (Å²) in [7, 11) is 0. The minimum Gasteiger partial charge on any atom is -0.360 e. The zero-order valence-corrected chi connectivity index (χ0v) is 10.3. The maximum absolute atomic E-state index is 6.19. The third-order valence-corrected chi connectivity index (χ3v) is 3.24. The van der Waals surface area contributed by atoms with E-state index in [0.717, 1.165) is 17.1 Å². The molecule has 17 heavy (non-hydrogen) atoms. The highest BCUT2D eigenvalue weighted by Gasteiger charge is 2.22. The third kappa shape index (κ3) is 1.84. The average molecular weight is 264 g/mol. The largest absolute Gasteiger partial charge is 0.360 e. The van der Waals surface area contributed by atoms with E-state index in [0.29, 0.717) is 10.0 Å². The van der Waals surface area contributed by atoms with Crippen LogP contribution in [0, 0.1) is 6.67 Å². The number of hydrogen-bond donors (Lipinski definition) is 1. The molecule has 2 nitrogen and oxygen atoms in total. The highest BCUT2D eigenvalue weighted by Crippen LogP contribution is 2.42. The molecule has 0 amide bonds. The van der Waals surface area contributed by atoms with Gasteiger partial charge in [-0.1, -0.05) is 35.3 Å². The number of rotatable bonds is 1. The lowest BCUT2D eigenvalue weighted by molar-refractivity contribution is 1.23. The van der Waals surface area contributed by atoms with Crippen LogP contribution < -0.4 is 10.2 Å². The molecule has 1 radical (unpaired) electrons. The van der Waals surface area contributed by atoms with E-state index in [1.54, 1.807) is 0 Å². The first-order valence-electron chi connectivity index (χ1n) is 5.19. The van der Waals surface area contributed by atoms with Gasteiger partial charge in [-0.25, -0.2) is 0 Å². The number of hydrogen-bond acceptors (Lipinski definition) is 2. The molecular formula is C13H9Cl2N2. The summed E-state index contributed by atoms with van der Waals surface area (Å²) in [6.07, 6.45) is 0. The molecule has 0 bridgehead atoms. The van der Waals surface area contributed by atoms with Gasteiger partial charge in [0.2, 0.25) is 0 Å². The molecule has 85 valence electrons. The Balaban J connectivity index is 2.10. The Morgan fingerprint density at radius 3 is 2.59 bits per heavy atom. The predicted molar refractivity (Wildman–Crippen MR) is 73.0 cm³/mol. The van der Waals surface area contributed by atoms with Crippen LogP contribution in [0.5, 0.6) is 0 Å². The number of fused-ring (bicyclic) bond motifs is 1. The van der Waals surface area contributed by atoms with Gasteiger partial charge < -0.3 is 10.2 Å². The highest BCUT2D eigenvalue weighted by atomic mass is 35.5. The molecule has 1 N–H and O–H groups in total. The lowest BCUT2D eigenvalue weighted by Crippen LogP contribution is -2.10. The quantitative estimate of drug-likeness (QED) is 0.804. The Kier molecular flexibility index (Phi) is 2.61. The number of benzene rings is 2. The molecule has 0 atom stereocenters. The first-order valence-corrected chi connectivity index (χ1v) is 5.94. The smallest absolute Gasteiger partial charge is 0.144 e. The van der Waals surface area contributed by atoms with Crippen LogP contribution in [0.3, 0.4) is 0 Å². The standard InChI is InChI=1S/C13H9Cl2N2/c14-9-5-6-11-13(7-9)17(8-16-11)12-4-2-1-3-10(12)15/h1-8,16H. The summed E-state index contributed by atoms with van der Waals surface area (Å²) in [6, 6.07) is 13.4. The van der Waals surface area contributed by atoms with Gasteiger partial charge in [-0.15, -0.1) is 0 Å². The molecular weight excluding hydrogens is 255 g/mol. The maximum atomic E-state index is 6.19. The van der Waals surface area contributed by atoms with E-state index < -0.39 is 0 Å². The molecule has 1 heterocycles. The molecule has 4 heteroatoms. The fourth-order valence-electron chi connectivity index (χ4n) is 1.88. The monoisotopic (exact) mass is 263 g/mol. The van der Waals surface area contributed by atoms with Gasteiger partial charge in [-0.3, -0.25) is 0 Å². The van der Waals surface area contributed by atoms with E-state index in [1.165, 1.54) is 0 Å². The van der Waals surface area contributed by atoms with Crippen molar-refractivity contribution >= 4 is 40.3 Å². The summed E-state index contributed by atoms with van der Waals surface area (Å²) in [4.78, 5) is 1.99. The Morgan fingerprint density at radius 2 is 1.76 bits per heavy atom. The summed E-state index contributed by atoms with van der Waals surface area (Å²) in [5.41, 5.74) is 2.96. The molecule has 0 fully saturated rings. The Morgan fingerprint density at radius 1 is 0.941 bits per heavy atom. The number of anilines is 3. The highest BCUT2D eigenvalue weighted by molar-refractivity contribution is 6.33. The van der Waals surface area contributed by atoms with Crippen LogP contribution in [-0.2, 0) is 0 Å². The van der Waals surface area contributed by atoms with Crippen molar-refractivity contribution in [1.82, 2.24) is 0 Å². The van der Waals surface area contributed by atoms with Crippen LogP contribution in [-0.4, -0.2) is 0 Å². The Labute approximate surface area is 110 Å². The molecule has 2 aromatic carbocycles. The van der Waals surface area contributed by atoms with Crippen molar-refractivity contribution in [3.05, 3.63) is 59.2 Å². The Bertz CT molecular complexity index is 569. The molecule has 3 rings (SSSR count). The van der Waals surface area contributed by atoms with Crippen molar-refractivity contribution in [2.45, 2.75) is 0 Å². The van der Waals surface area contributed by atoms with Crippen LogP contribution in [0.2, 0.25) is 10.0 Å². The van der Waals surface area contributed by atoms with Crippen LogP contribution >= 0.6 is 23.2 Å². The maximum Gasteiger partial charge on any atom is 0.144 e. The predicted octanol–water partition coefficient (Wildman–Crippen LogP) is 4.68. The van der Waals surface area contributed by atoms with Crippen LogP contribution in [0.1, 0.15) is 0 Å². The summed E-state index contributed by atoms with van der Waals surface area (Å²) in [6.45, 7) is 1.88. The molecule has 0 aliphatic carbocycles. The lowest BCUT2D eigenvalue weighted by Gasteiger charge is -2.18. The number of halogens is 2. The van der Waals surface area contributed by atoms with Crippen molar-refractivity contribution in [1.29, 1.82) is 0 Å². The van der Waals surface area contributed by atoms with Crippen LogP contribution in [0.25, 0.3) is 0 Å². The number of nitrogens with zero attached hydrogens (tertiary/aromatic N) is 1. The van der Waals surface area contributed by atoms with E-state index in [2.05, 4.69) is 5.32 Å². The second-order valence-electron chi connectivity index (χ2n) is 3.76. The molecule has 0 saturated carbocycles. The average Bonchev–Trinajstić information content (AvgIpc) is 2.72. The first-order chi connectivity index (χ1) is 8.25. The fraction of sp³-hybridized carbons (Fsp3) is 0. The minimum atomic E-state index is 0.706. The van der Waals surface area contributed by atoms with Crippen molar-refractivity contribution in [3.63, 3.8) is 0 Å². The summed E-state index contributed by atoms with van der Waals surface area (Å²) in [5.74, 6) is 0. The van der Waals surface area contributed by atoms with Crippen molar-refractivity contribution in [2.24, 2.45) is 0 Å². The van der Waals surface area contributed by atoms with E-state index >= 15 is 0 Å². The van der Waals surface area contributed by atoms with Gasteiger partial charge in [0.25, 0.3) is 0 Å². The second kappa shape index (κ2) is 4.13. The molecule has 0 aromatic heterocycles. The number of para-hydroxylation sites is 1. The van der Waals surface area contributed by atoms with E-state index in [9.17, 15) is 0 Å². The minimum absolute atomic E-state index is 0.706.